The summed E-state index contributed by atoms with van der Waals surface area (Å²) in [6.07, 6.45) is 6.53. The van der Waals surface area contributed by atoms with E-state index >= 15 is 0 Å². The number of likely N-dealkylation sites (tertiary alicyclic amines) is 2. The van der Waals surface area contributed by atoms with Crippen LogP contribution in [0.25, 0.3) is 21.9 Å². The third-order valence-electron chi connectivity index (χ3n) is 12.9. The van der Waals surface area contributed by atoms with Gasteiger partial charge in [0.2, 0.25) is 5.71 Å². The van der Waals surface area contributed by atoms with Gasteiger partial charge >= 0.3 is 0 Å². The molecular weight excluding hydrogens is 996 g/mol. The Morgan fingerprint density at radius 2 is 1.04 bits per heavy atom. The van der Waals surface area contributed by atoms with Crippen LogP contribution in [0.1, 0.15) is 91.0 Å². The van der Waals surface area contributed by atoms with E-state index in [4.69, 9.17) is 64.7 Å². The second-order valence-electron chi connectivity index (χ2n) is 18.4. The molecule has 4 atom stereocenters. The number of carbonyl (C=O) groups excluding carboxylic acids is 3. The summed E-state index contributed by atoms with van der Waals surface area (Å²) in [5.41, 5.74) is 1.75. The first-order valence-corrected chi connectivity index (χ1v) is 25.3. The average Bonchev–Trinajstić information content (AvgIpc) is 4.05. The van der Waals surface area contributed by atoms with Gasteiger partial charge in [-0.1, -0.05) is 63.7 Å². The lowest BCUT2D eigenvalue weighted by Crippen LogP contribution is -2.48. The third-order valence-corrected chi connectivity index (χ3v) is 13.9. The number of amides is 2. The highest BCUT2D eigenvalue weighted by molar-refractivity contribution is 6.45. The molecule has 2 saturated carbocycles. The Labute approximate surface area is 429 Å². The molecule has 2 amide bonds. The van der Waals surface area contributed by atoms with Crippen molar-refractivity contribution in [3.63, 3.8) is 0 Å². The Hall–Kier alpha value is -5.36. The Bertz CT molecular complexity index is 2920. The number of aliphatic hydroxyl groups is 2. The van der Waals surface area contributed by atoms with Gasteiger partial charge in [0.1, 0.15) is 34.9 Å². The summed E-state index contributed by atoms with van der Waals surface area (Å²) < 4.78 is 22.8. The van der Waals surface area contributed by atoms with Crippen molar-refractivity contribution < 1.29 is 48.1 Å². The first-order chi connectivity index (χ1) is 34.3. The largest absolute Gasteiger partial charge is 0.489 e. The van der Waals surface area contributed by atoms with E-state index < -0.39 is 41.9 Å². The van der Waals surface area contributed by atoms with Crippen LogP contribution in [0.5, 0.6) is 11.5 Å². The molecule has 4 aliphatic rings. The number of hydrogen-bond donors (Lipinski definition) is 5. The summed E-state index contributed by atoms with van der Waals surface area (Å²) in [4.78, 5) is 43.4. The van der Waals surface area contributed by atoms with Crippen LogP contribution in [-0.2, 0) is 9.59 Å². The number of rotatable bonds is 18. The lowest BCUT2D eigenvalue weighted by atomic mass is 10.0. The summed E-state index contributed by atoms with van der Waals surface area (Å²) in [5, 5.41) is 44.1. The SMILES string of the molecule is O=C(N[C@H](CN1CCCC1)[C@H](O)c1ccc(OC2CC2)c(Cl)c1)/C(=N/O)c1cc2cc(Cl)ccc2o1.O=C(N[C@H](CN1CCCC1)[C@H](O)c1ccc(OC2CC2)c(Cl)c1)C(=O)c1cc2cc(Cl)ccc2o1. The van der Waals surface area contributed by atoms with Gasteiger partial charge in [-0.3, -0.25) is 14.4 Å². The van der Waals surface area contributed by atoms with Crippen molar-refractivity contribution in [2.24, 2.45) is 5.16 Å². The predicted octanol–water partition coefficient (Wildman–Crippen LogP) is 9.55. The maximum absolute atomic E-state index is 13.2. The fourth-order valence-electron chi connectivity index (χ4n) is 8.77. The molecule has 374 valence electrons. The Morgan fingerprint density at radius 3 is 1.48 bits per heavy atom. The number of fused-ring (bicyclic) bond motifs is 2. The molecule has 0 unspecified atom stereocenters. The van der Waals surface area contributed by atoms with Gasteiger partial charge in [0.25, 0.3) is 17.6 Å². The van der Waals surface area contributed by atoms with Gasteiger partial charge < -0.3 is 54.2 Å². The molecule has 15 nitrogen and oxygen atoms in total. The first kappa shape index (κ1) is 50.6. The minimum absolute atomic E-state index is 0.0844. The van der Waals surface area contributed by atoms with Gasteiger partial charge in [-0.2, -0.15) is 0 Å². The van der Waals surface area contributed by atoms with Gasteiger partial charge in [0.15, 0.2) is 11.5 Å². The van der Waals surface area contributed by atoms with E-state index in [1.54, 1.807) is 78.9 Å². The molecule has 5 N–H and O–H groups in total. The number of aliphatic hydroxyl groups excluding tert-OH is 2. The lowest BCUT2D eigenvalue weighted by Gasteiger charge is -2.29. The molecular formula is C52H53Cl4N5O10. The summed E-state index contributed by atoms with van der Waals surface area (Å²) >= 11 is 24.9. The molecule has 2 aromatic heterocycles. The number of hydrogen-bond acceptors (Lipinski definition) is 13. The molecule has 19 heteroatoms. The van der Waals surface area contributed by atoms with E-state index in [9.17, 15) is 29.8 Å². The molecule has 4 aromatic carbocycles. The molecule has 0 spiro atoms. The van der Waals surface area contributed by atoms with E-state index in [0.717, 1.165) is 77.5 Å². The number of ether oxygens (including phenoxy) is 2. The van der Waals surface area contributed by atoms with Crippen LogP contribution in [0.15, 0.2) is 98.9 Å². The highest BCUT2D eigenvalue weighted by atomic mass is 35.5. The molecule has 2 aliphatic carbocycles. The van der Waals surface area contributed by atoms with Gasteiger partial charge in [0, 0.05) is 33.9 Å². The number of halogens is 4. The molecule has 4 heterocycles. The average molecular weight is 1050 g/mol. The van der Waals surface area contributed by atoms with Crippen molar-refractivity contribution in [1.29, 1.82) is 0 Å². The van der Waals surface area contributed by atoms with Crippen LogP contribution < -0.4 is 20.1 Å². The molecule has 2 aliphatic heterocycles. The zero-order chi connectivity index (χ0) is 49.8. The van der Waals surface area contributed by atoms with Crippen molar-refractivity contribution in [3.8, 4) is 11.5 Å². The van der Waals surface area contributed by atoms with Gasteiger partial charge in [-0.05, 0) is 161 Å². The maximum Gasteiger partial charge on any atom is 0.296 e. The third kappa shape index (κ3) is 12.8. The number of oxime groups is 1. The van der Waals surface area contributed by atoms with Crippen LogP contribution in [0, 0.1) is 0 Å². The van der Waals surface area contributed by atoms with Crippen LogP contribution in [0.2, 0.25) is 20.1 Å². The zero-order valence-electron chi connectivity index (χ0n) is 38.5. The Morgan fingerprint density at radius 1 is 0.606 bits per heavy atom. The maximum atomic E-state index is 13.2. The van der Waals surface area contributed by atoms with Crippen molar-refractivity contribution in [2.45, 2.75) is 87.9 Å². The summed E-state index contributed by atoms with van der Waals surface area (Å²) in [6.45, 7) is 4.30. The highest BCUT2D eigenvalue weighted by Gasteiger charge is 2.33. The summed E-state index contributed by atoms with van der Waals surface area (Å²) in [6, 6.07) is 21.9. The molecule has 6 aromatic rings. The van der Waals surface area contributed by atoms with Crippen molar-refractivity contribution in [1.82, 2.24) is 20.4 Å². The van der Waals surface area contributed by atoms with E-state index in [0.29, 0.717) is 77.7 Å². The van der Waals surface area contributed by atoms with Crippen LogP contribution in [-0.4, -0.2) is 112 Å². The minimum Gasteiger partial charge on any atom is -0.489 e. The van der Waals surface area contributed by atoms with E-state index in [-0.39, 0.29) is 29.4 Å². The molecule has 0 bridgehead atoms. The second kappa shape index (κ2) is 22.6. The Kier molecular flexibility index (Phi) is 16.1. The van der Waals surface area contributed by atoms with E-state index in [1.165, 1.54) is 6.07 Å². The molecule has 4 fully saturated rings. The fraction of sp³-hybridized carbons (Fsp3) is 0.385. The van der Waals surface area contributed by atoms with Gasteiger partial charge in [-0.15, -0.1) is 0 Å². The van der Waals surface area contributed by atoms with Crippen molar-refractivity contribution in [3.05, 3.63) is 128 Å². The van der Waals surface area contributed by atoms with Crippen LogP contribution in [0.4, 0.5) is 0 Å². The van der Waals surface area contributed by atoms with Crippen molar-refractivity contribution >= 4 is 91.7 Å². The smallest absolute Gasteiger partial charge is 0.296 e. The standard InChI is InChI=1S/C26H27Cl2N3O5.C26H26Cl2N2O5/c27-17-4-8-21-16(11-17)13-23(36-21)24(30-34)26(33)29-20(14-31-9-1-2-10-31)25(32)15-3-7-22(19(28)12-15)35-18-5-6-18;27-17-4-8-21-16(11-17)13-23(35-21)25(32)26(33)29-20(14-30-9-1-2-10-30)24(31)15-3-7-22(19(28)12-15)34-18-5-6-18/h3-4,7-8,11-13,18,20,25,32,34H,1-2,5-6,9-10,14H2,(H,29,33);3-4,7-8,11-13,18,20,24,31H,1-2,5-6,9-10,14H2,(H,29,33)/b30-24+;/t20-,25-;20-,24-/m11/s1. The van der Waals surface area contributed by atoms with E-state index in [1.807, 2.05) is 0 Å². The topological polar surface area (TPSA) is 200 Å². The highest BCUT2D eigenvalue weighted by Crippen LogP contribution is 2.36. The normalized spacial score (nSPS) is 18.1. The molecule has 10 rings (SSSR count). The first-order valence-electron chi connectivity index (χ1n) is 23.8. The number of nitrogens with zero attached hydrogens (tertiary/aromatic N) is 3. The number of benzene rings is 4. The zero-order valence-corrected chi connectivity index (χ0v) is 41.5. The summed E-state index contributed by atoms with van der Waals surface area (Å²) in [7, 11) is 0. The molecule has 2 saturated heterocycles. The lowest BCUT2D eigenvalue weighted by molar-refractivity contribution is -0.119. The second-order valence-corrected chi connectivity index (χ2v) is 20.1. The number of nitrogens with one attached hydrogen (secondary N) is 2. The predicted molar refractivity (Wildman–Crippen MR) is 270 cm³/mol. The van der Waals surface area contributed by atoms with Crippen molar-refractivity contribution in [2.75, 3.05) is 39.3 Å². The van der Waals surface area contributed by atoms with Gasteiger partial charge in [-0.25, -0.2) is 0 Å². The number of ketones is 1. The van der Waals surface area contributed by atoms with Gasteiger partial charge in [0.05, 0.1) is 34.3 Å². The molecule has 71 heavy (non-hydrogen) atoms. The number of furan rings is 2. The summed E-state index contributed by atoms with van der Waals surface area (Å²) in [5.74, 6) is -1.18. The van der Waals surface area contributed by atoms with Crippen LogP contribution in [0.3, 0.4) is 0 Å². The number of carbonyl (C=O) groups is 3. The van der Waals surface area contributed by atoms with E-state index in [2.05, 4.69) is 25.6 Å². The van der Waals surface area contributed by atoms with Crippen LogP contribution >= 0.6 is 46.4 Å². The monoisotopic (exact) mass is 1050 g/mol. The minimum atomic E-state index is -1.07. The quantitative estimate of drug-likeness (QED) is 0.0180. The number of Topliss-reactive ketones (excluding diaryl/α,β-unsaturated/α-hetero) is 1. The fourth-order valence-corrected chi connectivity index (χ4v) is 9.60. The molecule has 0 radical (unpaired) electrons. The Balaban J connectivity index is 0.000000176.